The highest BCUT2D eigenvalue weighted by molar-refractivity contribution is 7.05. The van der Waals surface area contributed by atoms with Crippen molar-refractivity contribution in [1.82, 2.24) is 14.7 Å². The van der Waals surface area contributed by atoms with E-state index in [1.807, 2.05) is 12.1 Å². The quantitative estimate of drug-likeness (QED) is 0.926. The minimum absolute atomic E-state index is 0. The van der Waals surface area contributed by atoms with Gasteiger partial charge in [-0.1, -0.05) is 12.1 Å². The first-order valence-electron chi connectivity index (χ1n) is 5.97. The fourth-order valence-electron chi connectivity index (χ4n) is 2.52. The minimum Gasteiger partial charge on any atom is -0.315 e. The predicted octanol–water partition coefficient (Wildman–Crippen LogP) is 2.69. The van der Waals surface area contributed by atoms with Gasteiger partial charge in [0.1, 0.15) is 17.2 Å². The van der Waals surface area contributed by atoms with Gasteiger partial charge in [0.25, 0.3) is 0 Å². The average molecular weight is 300 g/mol. The first kappa shape index (κ1) is 14.4. The Labute approximate surface area is 121 Å². The lowest BCUT2D eigenvalue weighted by atomic mass is 9.80. The summed E-state index contributed by atoms with van der Waals surface area (Å²) in [5.41, 5.74) is 1.46. The second-order valence-electron chi connectivity index (χ2n) is 4.72. The third kappa shape index (κ3) is 2.38. The lowest BCUT2D eigenvalue weighted by Crippen LogP contribution is -2.30. The van der Waals surface area contributed by atoms with Crippen molar-refractivity contribution < 1.29 is 4.39 Å². The molecule has 3 nitrogen and oxygen atoms in total. The highest BCUT2D eigenvalue weighted by atomic mass is 35.5. The van der Waals surface area contributed by atoms with Crippen molar-refractivity contribution in [2.45, 2.75) is 18.8 Å². The Morgan fingerprint density at radius 1 is 1.42 bits per heavy atom. The van der Waals surface area contributed by atoms with Crippen molar-refractivity contribution in [1.29, 1.82) is 0 Å². The standard InChI is InChI=1S/C13H14FN3S.ClH/c1-9-2-3-10(6-11(9)14)13(4-5-15-7-13)12-16-8-17-18-12;/h2-3,6,8,15H,4-5,7H2,1H3;1H. The maximum Gasteiger partial charge on any atom is 0.129 e. The van der Waals surface area contributed by atoms with Crippen LogP contribution in [-0.4, -0.2) is 22.4 Å². The molecule has 0 aliphatic carbocycles. The van der Waals surface area contributed by atoms with E-state index in [-0.39, 0.29) is 23.6 Å². The van der Waals surface area contributed by atoms with Crippen LogP contribution in [0, 0.1) is 12.7 Å². The molecule has 1 N–H and O–H groups in total. The SMILES string of the molecule is Cc1ccc(C2(c3ncns3)CCNC2)cc1F.Cl. The van der Waals surface area contributed by atoms with Crippen LogP contribution < -0.4 is 5.32 Å². The first-order chi connectivity index (χ1) is 8.72. The fourth-order valence-corrected chi connectivity index (χ4v) is 3.27. The number of nitrogens with one attached hydrogen (secondary N) is 1. The summed E-state index contributed by atoms with van der Waals surface area (Å²) in [5, 5.41) is 4.32. The molecule has 1 aliphatic heterocycles. The van der Waals surface area contributed by atoms with Gasteiger partial charge in [0.15, 0.2) is 0 Å². The summed E-state index contributed by atoms with van der Waals surface area (Å²) in [7, 11) is 0. The zero-order valence-corrected chi connectivity index (χ0v) is 12.2. The number of hydrogen-bond donors (Lipinski definition) is 1. The zero-order valence-electron chi connectivity index (χ0n) is 10.5. The van der Waals surface area contributed by atoms with Gasteiger partial charge >= 0.3 is 0 Å². The Hall–Kier alpha value is -1.04. The van der Waals surface area contributed by atoms with E-state index in [1.54, 1.807) is 19.3 Å². The van der Waals surface area contributed by atoms with Gasteiger partial charge in [0.05, 0.1) is 5.41 Å². The van der Waals surface area contributed by atoms with Crippen molar-refractivity contribution in [3.05, 3.63) is 46.5 Å². The van der Waals surface area contributed by atoms with Gasteiger partial charge in [0, 0.05) is 6.54 Å². The van der Waals surface area contributed by atoms with E-state index in [9.17, 15) is 4.39 Å². The number of benzene rings is 1. The van der Waals surface area contributed by atoms with Gasteiger partial charge in [-0.3, -0.25) is 0 Å². The van der Waals surface area contributed by atoms with E-state index in [0.29, 0.717) is 5.56 Å². The molecule has 19 heavy (non-hydrogen) atoms. The summed E-state index contributed by atoms with van der Waals surface area (Å²) >= 11 is 1.40. The molecule has 1 unspecified atom stereocenters. The van der Waals surface area contributed by atoms with Crippen molar-refractivity contribution in [3.8, 4) is 0 Å². The van der Waals surface area contributed by atoms with E-state index in [0.717, 1.165) is 30.1 Å². The molecule has 0 bridgehead atoms. The Balaban J connectivity index is 0.00000133. The smallest absolute Gasteiger partial charge is 0.129 e. The molecule has 0 spiro atoms. The summed E-state index contributed by atoms with van der Waals surface area (Å²) in [6.45, 7) is 3.50. The molecule has 1 aliphatic rings. The van der Waals surface area contributed by atoms with Crippen molar-refractivity contribution in [3.63, 3.8) is 0 Å². The number of aromatic nitrogens is 2. The molecule has 0 saturated carbocycles. The van der Waals surface area contributed by atoms with Crippen LogP contribution in [0.1, 0.15) is 22.6 Å². The largest absolute Gasteiger partial charge is 0.315 e. The van der Waals surface area contributed by atoms with Crippen molar-refractivity contribution in [2.75, 3.05) is 13.1 Å². The maximum absolute atomic E-state index is 13.8. The molecule has 1 aromatic heterocycles. The summed E-state index contributed by atoms with van der Waals surface area (Å²) in [6, 6.07) is 5.49. The first-order valence-corrected chi connectivity index (χ1v) is 6.74. The number of nitrogens with zero attached hydrogens (tertiary/aromatic N) is 2. The molecule has 2 aromatic rings. The van der Waals surface area contributed by atoms with Crippen LogP contribution >= 0.6 is 23.9 Å². The van der Waals surface area contributed by atoms with E-state index in [1.165, 1.54) is 11.5 Å². The fraction of sp³-hybridized carbons (Fsp3) is 0.385. The average Bonchev–Trinajstić information content (AvgIpc) is 3.01. The van der Waals surface area contributed by atoms with Crippen LogP contribution in [0.5, 0.6) is 0 Å². The lowest BCUT2D eigenvalue weighted by molar-refractivity contribution is 0.552. The summed E-state index contributed by atoms with van der Waals surface area (Å²) in [4.78, 5) is 4.34. The Kier molecular flexibility index (Phi) is 4.18. The number of aryl methyl sites for hydroxylation is 1. The van der Waals surface area contributed by atoms with Gasteiger partial charge in [-0.15, -0.1) is 12.4 Å². The van der Waals surface area contributed by atoms with Crippen LogP contribution in [0.2, 0.25) is 0 Å². The molecule has 0 radical (unpaired) electrons. The highest BCUT2D eigenvalue weighted by Crippen LogP contribution is 2.38. The molecule has 0 amide bonds. The monoisotopic (exact) mass is 299 g/mol. The highest BCUT2D eigenvalue weighted by Gasteiger charge is 2.40. The zero-order chi connectivity index (χ0) is 12.6. The van der Waals surface area contributed by atoms with Gasteiger partial charge in [-0.2, -0.15) is 4.37 Å². The maximum atomic E-state index is 13.8. The van der Waals surface area contributed by atoms with Gasteiger partial charge < -0.3 is 5.32 Å². The van der Waals surface area contributed by atoms with E-state index in [4.69, 9.17) is 0 Å². The molecule has 1 saturated heterocycles. The number of rotatable bonds is 2. The van der Waals surface area contributed by atoms with E-state index >= 15 is 0 Å². The second kappa shape index (κ2) is 5.53. The molecule has 102 valence electrons. The normalized spacial score (nSPS) is 22.2. The van der Waals surface area contributed by atoms with Gasteiger partial charge in [-0.05, 0) is 48.6 Å². The van der Waals surface area contributed by atoms with Crippen LogP contribution in [0.15, 0.2) is 24.5 Å². The third-order valence-corrected chi connectivity index (χ3v) is 4.52. The Morgan fingerprint density at radius 2 is 2.26 bits per heavy atom. The number of halogens is 2. The van der Waals surface area contributed by atoms with Gasteiger partial charge in [-0.25, -0.2) is 9.37 Å². The molecule has 1 atom stereocenters. The van der Waals surface area contributed by atoms with Crippen molar-refractivity contribution in [2.24, 2.45) is 0 Å². The minimum atomic E-state index is -0.213. The molecular weight excluding hydrogens is 285 g/mol. The molecule has 2 heterocycles. The number of hydrogen-bond acceptors (Lipinski definition) is 4. The van der Waals surface area contributed by atoms with E-state index < -0.39 is 0 Å². The van der Waals surface area contributed by atoms with Crippen LogP contribution in [0.4, 0.5) is 4.39 Å². The second-order valence-corrected chi connectivity index (χ2v) is 5.50. The summed E-state index contributed by atoms with van der Waals surface area (Å²) in [5.74, 6) is -0.150. The Bertz CT molecular complexity index is 553. The lowest BCUT2D eigenvalue weighted by Gasteiger charge is -2.26. The molecular formula is C13H15ClFN3S. The van der Waals surface area contributed by atoms with Crippen LogP contribution in [-0.2, 0) is 5.41 Å². The van der Waals surface area contributed by atoms with Crippen LogP contribution in [0.3, 0.4) is 0 Å². The van der Waals surface area contributed by atoms with Gasteiger partial charge in [0.2, 0.25) is 0 Å². The predicted molar refractivity (Wildman–Crippen MR) is 76.6 cm³/mol. The Morgan fingerprint density at radius 3 is 2.84 bits per heavy atom. The molecule has 6 heteroatoms. The third-order valence-electron chi connectivity index (χ3n) is 3.65. The molecule has 1 fully saturated rings. The van der Waals surface area contributed by atoms with E-state index in [2.05, 4.69) is 14.7 Å². The van der Waals surface area contributed by atoms with Crippen molar-refractivity contribution >= 4 is 23.9 Å². The molecule has 1 aromatic carbocycles. The molecule has 3 rings (SSSR count). The topological polar surface area (TPSA) is 37.8 Å². The summed E-state index contributed by atoms with van der Waals surface area (Å²) in [6.07, 6.45) is 2.51. The summed E-state index contributed by atoms with van der Waals surface area (Å²) < 4.78 is 17.9. The van der Waals surface area contributed by atoms with Crippen LogP contribution in [0.25, 0.3) is 0 Å².